The monoisotopic (exact) mass is 242 g/mol. The van der Waals surface area contributed by atoms with Crippen molar-refractivity contribution in [1.82, 2.24) is 0 Å². The van der Waals surface area contributed by atoms with E-state index >= 15 is 0 Å². The number of hydrogen-bond donors (Lipinski definition) is 1. The van der Waals surface area contributed by atoms with Gasteiger partial charge >= 0.3 is 11.9 Å². The van der Waals surface area contributed by atoms with Gasteiger partial charge in [0.1, 0.15) is 0 Å². The van der Waals surface area contributed by atoms with E-state index in [4.69, 9.17) is 9.84 Å². The number of benzene rings is 2. The molecule has 0 saturated carbocycles. The molecule has 0 aliphatic rings. The van der Waals surface area contributed by atoms with Crippen LogP contribution in [-0.4, -0.2) is 17.0 Å². The molecule has 0 spiro atoms. The second-order valence-corrected chi connectivity index (χ2v) is 3.58. The van der Waals surface area contributed by atoms with E-state index in [0.29, 0.717) is 16.3 Å². The number of esters is 1. The number of carboxylic acid groups (broad SMARTS) is 1. The first-order valence-electron chi connectivity index (χ1n) is 5.22. The number of carboxylic acids is 1. The largest absolute Gasteiger partial charge is 0.478 e. The molecule has 0 aliphatic heterocycles. The first-order chi connectivity index (χ1) is 8.65. The Morgan fingerprint density at radius 1 is 1.06 bits per heavy atom. The number of fused-ring (bicyclic) bond motifs is 1. The molecule has 2 rings (SSSR count). The molecule has 0 aromatic heterocycles. The van der Waals surface area contributed by atoms with Gasteiger partial charge in [0, 0.05) is 0 Å². The molecule has 18 heavy (non-hydrogen) atoms. The molecule has 2 aromatic carbocycles. The molecular weight excluding hydrogens is 232 g/mol. The van der Waals surface area contributed by atoms with Crippen molar-refractivity contribution in [2.24, 2.45) is 0 Å². The van der Waals surface area contributed by atoms with Gasteiger partial charge in [-0.15, -0.1) is 0 Å². The molecule has 0 unspecified atom stereocenters. The average Bonchev–Trinajstić information content (AvgIpc) is 2.37. The van der Waals surface area contributed by atoms with Gasteiger partial charge in [0.2, 0.25) is 0 Å². The third-order valence-corrected chi connectivity index (χ3v) is 2.56. The molecule has 0 fully saturated rings. The Morgan fingerprint density at radius 3 is 2.17 bits per heavy atom. The molecule has 0 radical (unpaired) electrons. The third-order valence-electron chi connectivity index (χ3n) is 2.56. The van der Waals surface area contributed by atoms with Crippen molar-refractivity contribution in [2.75, 3.05) is 0 Å². The molecule has 0 amide bonds. The summed E-state index contributed by atoms with van der Waals surface area (Å²) in [5.74, 6) is -1.59. The van der Waals surface area contributed by atoms with E-state index in [0.717, 1.165) is 6.26 Å². The Labute approximate surface area is 103 Å². The molecule has 2 aromatic rings. The second-order valence-electron chi connectivity index (χ2n) is 3.58. The highest BCUT2D eigenvalue weighted by molar-refractivity contribution is 6.11. The van der Waals surface area contributed by atoms with E-state index in [1.54, 1.807) is 24.3 Å². The fourth-order valence-corrected chi connectivity index (χ4v) is 1.80. The van der Waals surface area contributed by atoms with Gasteiger partial charge < -0.3 is 9.84 Å². The molecule has 4 nitrogen and oxygen atoms in total. The zero-order chi connectivity index (χ0) is 13.1. The second kappa shape index (κ2) is 4.71. The Kier molecular flexibility index (Phi) is 3.10. The Hall–Kier alpha value is -2.62. The van der Waals surface area contributed by atoms with Crippen molar-refractivity contribution in [2.45, 2.75) is 0 Å². The SMILES string of the molecule is C=COC(=O)c1ccc(C(=O)O)c2ccccc12. The lowest BCUT2D eigenvalue weighted by molar-refractivity contribution is 0.0661. The van der Waals surface area contributed by atoms with Crippen LogP contribution in [0.2, 0.25) is 0 Å². The first-order valence-corrected chi connectivity index (χ1v) is 5.22. The van der Waals surface area contributed by atoms with Crippen LogP contribution in [0.5, 0.6) is 0 Å². The van der Waals surface area contributed by atoms with Crippen LogP contribution in [0, 0.1) is 0 Å². The Morgan fingerprint density at radius 2 is 1.61 bits per heavy atom. The minimum Gasteiger partial charge on any atom is -0.478 e. The molecular formula is C14H10O4. The number of carbonyl (C=O) groups excluding carboxylic acids is 1. The molecule has 0 bridgehead atoms. The van der Waals surface area contributed by atoms with Gasteiger partial charge in [-0.05, 0) is 22.9 Å². The summed E-state index contributed by atoms with van der Waals surface area (Å²) < 4.78 is 4.71. The minimum atomic E-state index is -1.03. The van der Waals surface area contributed by atoms with E-state index in [2.05, 4.69) is 6.58 Å². The maximum Gasteiger partial charge on any atom is 0.343 e. The predicted molar refractivity (Wildman–Crippen MR) is 66.5 cm³/mol. The van der Waals surface area contributed by atoms with Crippen molar-refractivity contribution in [3.8, 4) is 0 Å². The molecule has 0 atom stereocenters. The van der Waals surface area contributed by atoms with Crippen LogP contribution in [0.25, 0.3) is 10.8 Å². The normalized spacial score (nSPS) is 10.0. The van der Waals surface area contributed by atoms with Crippen LogP contribution in [0.4, 0.5) is 0 Å². The molecule has 0 saturated heterocycles. The molecule has 0 aliphatic carbocycles. The van der Waals surface area contributed by atoms with E-state index in [9.17, 15) is 9.59 Å². The minimum absolute atomic E-state index is 0.153. The van der Waals surface area contributed by atoms with E-state index < -0.39 is 11.9 Å². The van der Waals surface area contributed by atoms with Crippen molar-refractivity contribution in [1.29, 1.82) is 0 Å². The first kappa shape index (κ1) is 11.9. The number of aromatic carboxylic acids is 1. The van der Waals surface area contributed by atoms with Crippen molar-refractivity contribution in [3.63, 3.8) is 0 Å². The number of carbonyl (C=O) groups is 2. The zero-order valence-electron chi connectivity index (χ0n) is 9.42. The topological polar surface area (TPSA) is 63.6 Å². The summed E-state index contributed by atoms with van der Waals surface area (Å²) in [7, 11) is 0. The number of rotatable bonds is 3. The summed E-state index contributed by atoms with van der Waals surface area (Å²) in [5.41, 5.74) is 0.469. The van der Waals surface area contributed by atoms with Gasteiger partial charge in [-0.2, -0.15) is 0 Å². The maximum atomic E-state index is 11.7. The Balaban J connectivity index is 2.72. The van der Waals surface area contributed by atoms with Crippen molar-refractivity contribution in [3.05, 3.63) is 60.4 Å². The predicted octanol–water partition coefficient (Wildman–Crippen LogP) is 2.84. The number of ether oxygens (including phenoxy) is 1. The highest BCUT2D eigenvalue weighted by atomic mass is 16.5. The van der Waals surface area contributed by atoms with Gasteiger partial charge in [0.25, 0.3) is 0 Å². The van der Waals surface area contributed by atoms with Crippen molar-refractivity contribution >= 4 is 22.7 Å². The lowest BCUT2D eigenvalue weighted by Crippen LogP contribution is -2.04. The van der Waals surface area contributed by atoms with Crippen molar-refractivity contribution < 1.29 is 19.4 Å². The zero-order valence-corrected chi connectivity index (χ0v) is 9.42. The van der Waals surface area contributed by atoms with Crippen LogP contribution < -0.4 is 0 Å². The van der Waals surface area contributed by atoms with E-state index in [1.165, 1.54) is 12.1 Å². The molecule has 90 valence electrons. The van der Waals surface area contributed by atoms with Gasteiger partial charge in [-0.25, -0.2) is 9.59 Å². The smallest absolute Gasteiger partial charge is 0.343 e. The van der Waals surface area contributed by atoms with E-state index in [-0.39, 0.29) is 5.56 Å². The fraction of sp³-hybridized carbons (Fsp3) is 0. The van der Waals surface area contributed by atoms with Crippen LogP contribution in [0.3, 0.4) is 0 Å². The average molecular weight is 242 g/mol. The van der Waals surface area contributed by atoms with Gasteiger partial charge in [0.05, 0.1) is 17.4 Å². The summed E-state index contributed by atoms with van der Waals surface area (Å²) in [6, 6.07) is 9.63. The lowest BCUT2D eigenvalue weighted by atomic mass is 9.99. The highest BCUT2D eigenvalue weighted by Crippen LogP contribution is 2.23. The Bertz CT molecular complexity index is 643. The maximum absolute atomic E-state index is 11.7. The fourth-order valence-electron chi connectivity index (χ4n) is 1.80. The quantitative estimate of drug-likeness (QED) is 0.664. The van der Waals surface area contributed by atoms with Gasteiger partial charge in [-0.3, -0.25) is 0 Å². The van der Waals surface area contributed by atoms with Gasteiger partial charge in [0.15, 0.2) is 0 Å². The van der Waals surface area contributed by atoms with Crippen LogP contribution >= 0.6 is 0 Å². The summed E-state index contributed by atoms with van der Waals surface area (Å²) in [6.07, 6.45) is 1.04. The van der Waals surface area contributed by atoms with Crippen LogP contribution in [0.15, 0.2) is 49.2 Å². The van der Waals surface area contributed by atoms with E-state index in [1.807, 2.05) is 0 Å². The standard InChI is InChI=1S/C14H10O4/c1-2-18-14(17)12-8-7-11(13(15)16)9-5-3-4-6-10(9)12/h2-8H,1H2,(H,15,16). The number of hydrogen-bond acceptors (Lipinski definition) is 3. The van der Waals surface area contributed by atoms with Crippen LogP contribution in [-0.2, 0) is 4.74 Å². The summed E-state index contributed by atoms with van der Waals surface area (Å²) in [4.78, 5) is 22.8. The van der Waals surface area contributed by atoms with Crippen LogP contribution in [0.1, 0.15) is 20.7 Å². The summed E-state index contributed by atoms with van der Waals surface area (Å²) in [5, 5.41) is 10.1. The molecule has 1 N–H and O–H groups in total. The highest BCUT2D eigenvalue weighted by Gasteiger charge is 2.15. The summed E-state index contributed by atoms with van der Waals surface area (Å²) >= 11 is 0. The summed E-state index contributed by atoms with van der Waals surface area (Å²) in [6.45, 7) is 3.31. The molecule has 4 heteroatoms. The molecule has 0 heterocycles. The lowest BCUT2D eigenvalue weighted by Gasteiger charge is -2.07. The third kappa shape index (κ3) is 1.96. The van der Waals surface area contributed by atoms with Gasteiger partial charge in [-0.1, -0.05) is 30.8 Å².